The lowest BCUT2D eigenvalue weighted by Crippen LogP contribution is -2.50. The third kappa shape index (κ3) is 3.12. The molecule has 1 aromatic carbocycles. The van der Waals surface area contributed by atoms with E-state index in [1.807, 2.05) is 31.2 Å². The smallest absolute Gasteiger partial charge is 0.311 e. The third-order valence-electron chi connectivity index (χ3n) is 4.91. The van der Waals surface area contributed by atoms with E-state index in [4.69, 9.17) is 14.2 Å². The van der Waals surface area contributed by atoms with E-state index in [2.05, 4.69) is 0 Å². The Morgan fingerprint density at radius 2 is 1.91 bits per heavy atom. The molecule has 2 fully saturated rings. The molecule has 4 nitrogen and oxygen atoms in total. The van der Waals surface area contributed by atoms with Gasteiger partial charge in [0.05, 0.1) is 25.7 Å². The minimum atomic E-state index is -0.183. The molecule has 0 unspecified atom stereocenters. The van der Waals surface area contributed by atoms with E-state index < -0.39 is 0 Å². The van der Waals surface area contributed by atoms with Crippen LogP contribution in [-0.2, 0) is 20.9 Å². The summed E-state index contributed by atoms with van der Waals surface area (Å²) in [5, 5.41) is 0. The fraction of sp³-hybridized carbons (Fsp3) is 0.611. The van der Waals surface area contributed by atoms with Gasteiger partial charge < -0.3 is 14.2 Å². The number of esters is 1. The van der Waals surface area contributed by atoms with Crippen LogP contribution in [0.5, 0.6) is 5.75 Å². The average Bonchev–Trinajstić information content (AvgIpc) is 2.56. The molecule has 1 aliphatic carbocycles. The van der Waals surface area contributed by atoms with Crippen molar-refractivity contribution in [3.63, 3.8) is 0 Å². The van der Waals surface area contributed by atoms with Crippen molar-refractivity contribution < 1.29 is 19.0 Å². The molecule has 0 bridgehead atoms. The number of carbonyl (C=O) groups is 1. The van der Waals surface area contributed by atoms with E-state index >= 15 is 0 Å². The predicted molar refractivity (Wildman–Crippen MR) is 82.6 cm³/mol. The Kier molecular flexibility index (Phi) is 4.67. The number of benzene rings is 1. The summed E-state index contributed by atoms with van der Waals surface area (Å²) in [7, 11) is 1.66. The zero-order valence-electron chi connectivity index (χ0n) is 13.3. The van der Waals surface area contributed by atoms with Crippen LogP contribution in [0.2, 0.25) is 0 Å². The fourth-order valence-electron chi connectivity index (χ4n) is 3.59. The molecule has 0 amide bonds. The summed E-state index contributed by atoms with van der Waals surface area (Å²) in [6.07, 6.45) is 4.44. The molecule has 4 atom stereocenters. The molecule has 0 N–H and O–H groups in total. The molecule has 4 heteroatoms. The normalized spacial score (nSPS) is 31.3. The highest BCUT2D eigenvalue weighted by Gasteiger charge is 2.45. The molecule has 1 aliphatic heterocycles. The van der Waals surface area contributed by atoms with Crippen LogP contribution in [0.3, 0.4) is 0 Å². The zero-order valence-corrected chi connectivity index (χ0v) is 13.3. The van der Waals surface area contributed by atoms with Crippen molar-refractivity contribution in [3.05, 3.63) is 29.8 Å². The first-order valence-electron chi connectivity index (χ1n) is 8.14. The van der Waals surface area contributed by atoms with Gasteiger partial charge >= 0.3 is 5.97 Å². The Morgan fingerprint density at radius 1 is 1.18 bits per heavy atom. The standard InChI is InChI=1S/C18H24O4/c1-12-17(15-5-3-4-6-16(15)22-18(12)19)21-11-13-7-9-14(20-2)10-8-13/h7-10,12,15-17H,3-6,11H2,1-2H3/t12-,15+,16-,17-/m0/s1. The monoisotopic (exact) mass is 304 g/mol. The second-order valence-corrected chi connectivity index (χ2v) is 6.34. The average molecular weight is 304 g/mol. The van der Waals surface area contributed by atoms with Crippen molar-refractivity contribution in [3.8, 4) is 5.75 Å². The van der Waals surface area contributed by atoms with Gasteiger partial charge in [-0.1, -0.05) is 18.6 Å². The number of hydrogen-bond acceptors (Lipinski definition) is 4. The van der Waals surface area contributed by atoms with Gasteiger partial charge in [-0.15, -0.1) is 0 Å². The Bertz CT molecular complexity index is 510. The minimum Gasteiger partial charge on any atom is -0.497 e. The van der Waals surface area contributed by atoms with Crippen molar-refractivity contribution in [1.82, 2.24) is 0 Å². The van der Waals surface area contributed by atoms with Gasteiger partial charge in [0, 0.05) is 5.92 Å². The van der Waals surface area contributed by atoms with Crippen LogP contribution in [0.15, 0.2) is 24.3 Å². The molecule has 0 spiro atoms. The number of ether oxygens (including phenoxy) is 3. The van der Waals surface area contributed by atoms with E-state index in [0.29, 0.717) is 12.5 Å². The zero-order chi connectivity index (χ0) is 15.5. The van der Waals surface area contributed by atoms with Gasteiger partial charge in [-0.3, -0.25) is 4.79 Å². The molecular formula is C18H24O4. The maximum absolute atomic E-state index is 12.0. The topological polar surface area (TPSA) is 44.8 Å². The summed E-state index contributed by atoms with van der Waals surface area (Å²) in [5.74, 6) is 0.894. The highest BCUT2D eigenvalue weighted by molar-refractivity contribution is 5.74. The summed E-state index contributed by atoms with van der Waals surface area (Å²) in [5.41, 5.74) is 1.10. The van der Waals surface area contributed by atoms with Crippen molar-refractivity contribution >= 4 is 5.97 Å². The van der Waals surface area contributed by atoms with Crippen LogP contribution in [0.25, 0.3) is 0 Å². The van der Waals surface area contributed by atoms with Gasteiger partial charge in [0.15, 0.2) is 0 Å². The molecule has 1 heterocycles. The van der Waals surface area contributed by atoms with E-state index in [1.165, 1.54) is 6.42 Å². The molecule has 1 saturated heterocycles. The minimum absolute atomic E-state index is 0.0337. The molecule has 1 aromatic rings. The maximum atomic E-state index is 12.0. The first-order valence-corrected chi connectivity index (χ1v) is 8.14. The van der Waals surface area contributed by atoms with Crippen molar-refractivity contribution in [1.29, 1.82) is 0 Å². The molecule has 1 saturated carbocycles. The molecule has 22 heavy (non-hydrogen) atoms. The van der Waals surface area contributed by atoms with Gasteiger partial charge in [-0.05, 0) is 43.9 Å². The summed E-state index contributed by atoms with van der Waals surface area (Å²) >= 11 is 0. The lowest BCUT2D eigenvalue weighted by Gasteiger charge is -2.43. The SMILES string of the molecule is COc1ccc(CO[C@@H]2[C@@H]3CCCC[C@@H]3OC(=O)[C@H]2C)cc1. The van der Waals surface area contributed by atoms with Gasteiger partial charge in [0.1, 0.15) is 11.9 Å². The Hall–Kier alpha value is -1.55. The van der Waals surface area contributed by atoms with Crippen molar-refractivity contribution in [2.45, 2.75) is 51.4 Å². The van der Waals surface area contributed by atoms with Gasteiger partial charge in [-0.2, -0.15) is 0 Å². The van der Waals surface area contributed by atoms with Gasteiger partial charge in [-0.25, -0.2) is 0 Å². The summed E-state index contributed by atoms with van der Waals surface area (Å²) in [6, 6.07) is 7.87. The van der Waals surface area contributed by atoms with Crippen LogP contribution >= 0.6 is 0 Å². The summed E-state index contributed by atoms with van der Waals surface area (Å²) in [4.78, 5) is 12.0. The first-order chi connectivity index (χ1) is 10.7. The van der Waals surface area contributed by atoms with Crippen LogP contribution in [0.4, 0.5) is 0 Å². The lowest BCUT2D eigenvalue weighted by atomic mass is 9.76. The van der Waals surface area contributed by atoms with E-state index in [1.54, 1.807) is 7.11 Å². The van der Waals surface area contributed by atoms with E-state index in [0.717, 1.165) is 30.6 Å². The summed E-state index contributed by atoms with van der Waals surface area (Å²) < 4.78 is 16.9. The lowest BCUT2D eigenvalue weighted by molar-refractivity contribution is -0.190. The molecule has 3 rings (SSSR count). The van der Waals surface area contributed by atoms with Crippen LogP contribution in [0.1, 0.15) is 38.2 Å². The van der Waals surface area contributed by atoms with Crippen LogP contribution in [-0.4, -0.2) is 25.3 Å². The molecular weight excluding hydrogens is 280 g/mol. The molecule has 2 aliphatic rings. The number of carbonyl (C=O) groups excluding carboxylic acids is 1. The number of methoxy groups -OCH3 is 1. The Labute approximate surface area is 131 Å². The van der Waals surface area contributed by atoms with E-state index in [9.17, 15) is 4.79 Å². The Morgan fingerprint density at radius 3 is 2.64 bits per heavy atom. The number of fused-ring (bicyclic) bond motifs is 1. The molecule has 0 aromatic heterocycles. The highest BCUT2D eigenvalue weighted by atomic mass is 16.6. The number of rotatable bonds is 4. The maximum Gasteiger partial charge on any atom is 0.311 e. The fourth-order valence-corrected chi connectivity index (χ4v) is 3.59. The van der Waals surface area contributed by atoms with Crippen molar-refractivity contribution in [2.75, 3.05) is 7.11 Å². The summed E-state index contributed by atoms with van der Waals surface area (Å²) in [6.45, 7) is 2.45. The van der Waals surface area contributed by atoms with Crippen LogP contribution in [0, 0.1) is 11.8 Å². The quantitative estimate of drug-likeness (QED) is 0.800. The Balaban J connectivity index is 1.66. The largest absolute Gasteiger partial charge is 0.497 e. The first kappa shape index (κ1) is 15.3. The van der Waals surface area contributed by atoms with Gasteiger partial charge in [0.2, 0.25) is 0 Å². The number of hydrogen-bond donors (Lipinski definition) is 0. The van der Waals surface area contributed by atoms with Crippen molar-refractivity contribution in [2.24, 2.45) is 11.8 Å². The second-order valence-electron chi connectivity index (χ2n) is 6.34. The predicted octanol–water partition coefficient (Wildman–Crippen LogP) is 3.33. The third-order valence-corrected chi connectivity index (χ3v) is 4.91. The van der Waals surface area contributed by atoms with Crippen LogP contribution < -0.4 is 4.74 Å². The van der Waals surface area contributed by atoms with Gasteiger partial charge in [0.25, 0.3) is 0 Å². The second kappa shape index (κ2) is 6.69. The molecule has 120 valence electrons. The molecule has 0 radical (unpaired) electrons. The van der Waals surface area contributed by atoms with E-state index in [-0.39, 0.29) is 24.1 Å². The highest BCUT2D eigenvalue weighted by Crippen LogP contribution is 2.38.